The first-order valence-corrected chi connectivity index (χ1v) is 7.51. The molecular weight excluding hydrogens is 342 g/mol. The Bertz CT molecular complexity index is 494. The van der Waals surface area contributed by atoms with E-state index in [1.54, 1.807) is 12.1 Å². The minimum atomic E-state index is -0.596. The van der Waals surface area contributed by atoms with Crippen molar-refractivity contribution in [3.05, 3.63) is 32.8 Å². The first-order chi connectivity index (χ1) is 10.1. The molecule has 1 atom stereocenters. The van der Waals surface area contributed by atoms with Crippen molar-refractivity contribution in [2.75, 3.05) is 44.7 Å². The second-order valence-corrected chi connectivity index (χ2v) is 5.78. The summed E-state index contributed by atoms with van der Waals surface area (Å²) in [5.41, 5.74) is 0.396. The molecule has 1 unspecified atom stereocenters. The molecule has 1 aromatic carbocycles. The number of benzene rings is 1. The van der Waals surface area contributed by atoms with Gasteiger partial charge in [-0.3, -0.25) is 15.0 Å². The van der Waals surface area contributed by atoms with Gasteiger partial charge in [-0.2, -0.15) is 0 Å². The van der Waals surface area contributed by atoms with Gasteiger partial charge in [-0.15, -0.1) is 0 Å². The molecule has 1 aromatic rings. The van der Waals surface area contributed by atoms with Gasteiger partial charge >= 0.3 is 0 Å². The molecule has 1 heterocycles. The standard InChI is InChI=1S/C13H18BrN3O4/c14-10-1-2-13(17(19)20)12(7-10)15-8-11(18)9-16-3-5-21-6-4-16/h1-2,7,11,15,18H,3-6,8-9H2. The highest BCUT2D eigenvalue weighted by atomic mass is 79.9. The number of nitrogens with zero attached hydrogens (tertiary/aromatic N) is 2. The first kappa shape index (κ1) is 16.2. The number of nitro groups is 1. The van der Waals surface area contributed by atoms with E-state index in [4.69, 9.17) is 4.74 Å². The molecule has 7 nitrogen and oxygen atoms in total. The van der Waals surface area contributed by atoms with Crippen molar-refractivity contribution in [1.82, 2.24) is 4.90 Å². The van der Waals surface area contributed by atoms with Crippen molar-refractivity contribution in [2.24, 2.45) is 0 Å². The number of ether oxygens (including phenoxy) is 1. The lowest BCUT2D eigenvalue weighted by atomic mass is 10.2. The highest BCUT2D eigenvalue weighted by Crippen LogP contribution is 2.27. The maximum absolute atomic E-state index is 11.0. The molecule has 1 aliphatic heterocycles. The molecule has 2 rings (SSSR count). The third-order valence-electron chi connectivity index (χ3n) is 3.26. The minimum Gasteiger partial charge on any atom is -0.390 e. The molecular formula is C13H18BrN3O4. The van der Waals surface area contributed by atoms with Crippen molar-refractivity contribution in [3.63, 3.8) is 0 Å². The van der Waals surface area contributed by atoms with Gasteiger partial charge < -0.3 is 15.2 Å². The van der Waals surface area contributed by atoms with Crippen LogP contribution in [0.15, 0.2) is 22.7 Å². The van der Waals surface area contributed by atoms with E-state index in [2.05, 4.69) is 26.1 Å². The molecule has 0 aromatic heterocycles. The molecule has 116 valence electrons. The minimum absolute atomic E-state index is 0.00299. The van der Waals surface area contributed by atoms with E-state index in [0.717, 1.165) is 17.6 Å². The normalized spacial score (nSPS) is 17.4. The average molecular weight is 360 g/mol. The summed E-state index contributed by atoms with van der Waals surface area (Å²) in [7, 11) is 0. The van der Waals surface area contributed by atoms with Crippen LogP contribution in [-0.2, 0) is 4.74 Å². The van der Waals surface area contributed by atoms with E-state index in [9.17, 15) is 15.2 Å². The Morgan fingerprint density at radius 3 is 2.86 bits per heavy atom. The first-order valence-electron chi connectivity index (χ1n) is 6.72. The van der Waals surface area contributed by atoms with Gasteiger partial charge in [0.2, 0.25) is 0 Å². The Morgan fingerprint density at radius 1 is 1.48 bits per heavy atom. The predicted molar refractivity (Wildman–Crippen MR) is 82.6 cm³/mol. The van der Waals surface area contributed by atoms with Crippen LogP contribution in [0.3, 0.4) is 0 Å². The quantitative estimate of drug-likeness (QED) is 0.590. The molecule has 0 aliphatic carbocycles. The van der Waals surface area contributed by atoms with E-state index in [0.29, 0.717) is 25.4 Å². The number of nitrogens with one attached hydrogen (secondary N) is 1. The van der Waals surface area contributed by atoms with Crippen LogP contribution < -0.4 is 5.32 Å². The molecule has 0 amide bonds. The van der Waals surface area contributed by atoms with Crippen LogP contribution in [0.4, 0.5) is 11.4 Å². The SMILES string of the molecule is O=[N+]([O-])c1ccc(Br)cc1NCC(O)CN1CCOCC1. The molecule has 0 spiro atoms. The molecule has 1 aliphatic rings. The third-order valence-corrected chi connectivity index (χ3v) is 3.75. The van der Waals surface area contributed by atoms with Crippen LogP contribution in [0.1, 0.15) is 0 Å². The monoisotopic (exact) mass is 359 g/mol. The Morgan fingerprint density at radius 2 is 2.19 bits per heavy atom. The van der Waals surface area contributed by atoms with E-state index in [-0.39, 0.29) is 12.2 Å². The number of aliphatic hydroxyl groups excluding tert-OH is 1. The second kappa shape index (κ2) is 7.69. The third kappa shape index (κ3) is 4.92. The Kier molecular flexibility index (Phi) is 5.92. The van der Waals surface area contributed by atoms with Crippen molar-refractivity contribution in [1.29, 1.82) is 0 Å². The number of morpholine rings is 1. The zero-order valence-corrected chi connectivity index (χ0v) is 13.1. The molecule has 2 N–H and O–H groups in total. The van der Waals surface area contributed by atoms with Gasteiger partial charge in [-0.1, -0.05) is 15.9 Å². The summed E-state index contributed by atoms with van der Waals surface area (Å²) >= 11 is 3.28. The topological polar surface area (TPSA) is 87.9 Å². The fourth-order valence-electron chi connectivity index (χ4n) is 2.18. The van der Waals surface area contributed by atoms with Crippen LogP contribution in [-0.4, -0.2) is 60.4 Å². The lowest BCUT2D eigenvalue weighted by Crippen LogP contribution is -2.42. The number of hydrogen-bond acceptors (Lipinski definition) is 6. The fraction of sp³-hybridized carbons (Fsp3) is 0.538. The van der Waals surface area contributed by atoms with Crippen molar-refractivity contribution in [2.45, 2.75) is 6.10 Å². The number of nitro benzene ring substituents is 1. The Balaban J connectivity index is 1.89. The lowest BCUT2D eigenvalue weighted by molar-refractivity contribution is -0.384. The summed E-state index contributed by atoms with van der Waals surface area (Å²) in [6.45, 7) is 3.74. The highest BCUT2D eigenvalue weighted by molar-refractivity contribution is 9.10. The summed E-state index contributed by atoms with van der Waals surface area (Å²) in [5, 5.41) is 23.9. The van der Waals surface area contributed by atoms with Crippen molar-refractivity contribution in [3.8, 4) is 0 Å². The van der Waals surface area contributed by atoms with Gasteiger partial charge in [0.25, 0.3) is 5.69 Å². The predicted octanol–water partition coefficient (Wildman–Crippen LogP) is 1.46. The van der Waals surface area contributed by atoms with Crippen molar-refractivity contribution < 1.29 is 14.8 Å². The van der Waals surface area contributed by atoms with E-state index in [1.165, 1.54) is 6.07 Å². The van der Waals surface area contributed by atoms with Gasteiger partial charge in [0, 0.05) is 36.7 Å². The summed E-state index contributed by atoms with van der Waals surface area (Å²) < 4.78 is 6.00. The smallest absolute Gasteiger partial charge is 0.292 e. The van der Waals surface area contributed by atoms with Crippen LogP contribution >= 0.6 is 15.9 Å². The highest BCUT2D eigenvalue weighted by Gasteiger charge is 2.17. The number of halogens is 1. The fourth-order valence-corrected chi connectivity index (χ4v) is 2.54. The molecule has 0 radical (unpaired) electrons. The van der Waals surface area contributed by atoms with Gasteiger partial charge in [0.1, 0.15) is 5.69 Å². The zero-order valence-electron chi connectivity index (χ0n) is 11.5. The van der Waals surface area contributed by atoms with Crippen LogP contribution in [0, 0.1) is 10.1 Å². The maximum atomic E-state index is 11.0. The zero-order chi connectivity index (χ0) is 15.2. The average Bonchev–Trinajstić information content (AvgIpc) is 2.46. The molecule has 1 fully saturated rings. The Labute approximate surface area is 131 Å². The summed E-state index contributed by atoms with van der Waals surface area (Å²) in [4.78, 5) is 12.6. The summed E-state index contributed by atoms with van der Waals surface area (Å²) in [5.74, 6) is 0. The number of aliphatic hydroxyl groups is 1. The molecule has 21 heavy (non-hydrogen) atoms. The Hall–Kier alpha value is -1.22. The van der Waals surface area contributed by atoms with E-state index in [1.807, 2.05) is 0 Å². The van der Waals surface area contributed by atoms with Gasteiger partial charge in [0.15, 0.2) is 0 Å². The number of β-amino-alcohol motifs (C(OH)–C–C–N with tert-alkyl or cyclic N) is 1. The van der Waals surface area contributed by atoms with Crippen LogP contribution in [0.2, 0.25) is 0 Å². The largest absolute Gasteiger partial charge is 0.390 e. The maximum Gasteiger partial charge on any atom is 0.292 e. The van der Waals surface area contributed by atoms with E-state index >= 15 is 0 Å². The number of rotatable bonds is 6. The van der Waals surface area contributed by atoms with Gasteiger partial charge in [-0.05, 0) is 12.1 Å². The second-order valence-electron chi connectivity index (χ2n) is 4.87. The van der Waals surface area contributed by atoms with Crippen LogP contribution in [0.25, 0.3) is 0 Å². The van der Waals surface area contributed by atoms with Gasteiger partial charge in [0.05, 0.1) is 24.2 Å². The van der Waals surface area contributed by atoms with E-state index < -0.39 is 11.0 Å². The summed E-state index contributed by atoms with van der Waals surface area (Å²) in [6.07, 6.45) is -0.596. The molecule has 0 saturated carbocycles. The number of anilines is 1. The van der Waals surface area contributed by atoms with Crippen molar-refractivity contribution >= 4 is 27.3 Å². The number of hydrogen-bond donors (Lipinski definition) is 2. The van der Waals surface area contributed by atoms with Crippen LogP contribution in [0.5, 0.6) is 0 Å². The van der Waals surface area contributed by atoms with Gasteiger partial charge in [-0.25, -0.2) is 0 Å². The molecule has 8 heteroatoms. The lowest BCUT2D eigenvalue weighted by Gasteiger charge is -2.28. The molecule has 0 bridgehead atoms. The molecule has 1 saturated heterocycles. The summed E-state index contributed by atoms with van der Waals surface area (Å²) in [6, 6.07) is 4.69.